The first-order chi connectivity index (χ1) is 24.7. The molecule has 1 heterocycles. The fourth-order valence-electron chi connectivity index (χ4n) is 6.45. The molecule has 9 aromatic rings. The zero-order valence-electron chi connectivity index (χ0n) is 30.8. The van der Waals surface area contributed by atoms with Crippen molar-refractivity contribution in [1.29, 1.82) is 0 Å². The van der Waals surface area contributed by atoms with Gasteiger partial charge in [0, 0.05) is 25.7 Å². The standard InChI is InChI=1S/C42H26S/c1-2-16-30-27(12-1)13-10-22-31(30)28-14-9-15-29(26-28)40-33-18-3-5-20-35(33)41(36-21-6-4-19-34(36)40)38-24-11-23-37-32-17-7-8-25-39(32)43-42(37)38/h1-26H/i3D,4D,5D,6D,18D,19D,20D,21D. The Morgan fingerprint density at radius 2 is 0.977 bits per heavy atom. The molecule has 0 bridgehead atoms. The first-order valence-corrected chi connectivity index (χ1v) is 14.9. The molecule has 0 saturated carbocycles. The van der Waals surface area contributed by atoms with E-state index in [0.29, 0.717) is 22.3 Å². The lowest BCUT2D eigenvalue weighted by Crippen LogP contribution is -1.91. The molecule has 0 aliphatic heterocycles. The molecule has 0 spiro atoms. The molecular formula is C42H26S. The van der Waals surface area contributed by atoms with Gasteiger partial charge in [-0.15, -0.1) is 11.3 Å². The molecule has 0 nitrogen and oxygen atoms in total. The van der Waals surface area contributed by atoms with Crippen molar-refractivity contribution in [3.8, 4) is 33.4 Å². The average Bonchev–Trinajstić information content (AvgIpc) is 3.55. The van der Waals surface area contributed by atoms with Crippen LogP contribution in [0.2, 0.25) is 0 Å². The van der Waals surface area contributed by atoms with Crippen LogP contribution in [0.3, 0.4) is 0 Å². The minimum atomic E-state index is -0.412. The van der Waals surface area contributed by atoms with Gasteiger partial charge in [-0.25, -0.2) is 0 Å². The number of benzene rings is 8. The third-order valence-corrected chi connectivity index (χ3v) is 9.52. The van der Waals surface area contributed by atoms with E-state index in [4.69, 9.17) is 5.48 Å². The summed E-state index contributed by atoms with van der Waals surface area (Å²) in [4.78, 5) is 0. The second-order valence-corrected chi connectivity index (χ2v) is 11.7. The first-order valence-electron chi connectivity index (χ1n) is 18.1. The SMILES string of the molecule is [2H]c1c([2H])c([2H])c2c(-c3cccc4c3sc3ccccc34)c3c([2H])c([2H])c([2H])c([2H])c3c(-c3cccc(-c4cccc5ccccc45)c3)c2c1[2H]. The molecule has 9 rings (SSSR count). The lowest BCUT2D eigenvalue weighted by molar-refractivity contribution is 1.63. The minimum absolute atomic E-state index is 0.210. The van der Waals surface area contributed by atoms with E-state index in [-0.39, 0.29) is 45.7 Å². The third kappa shape index (κ3) is 3.75. The summed E-state index contributed by atoms with van der Waals surface area (Å²) < 4.78 is 74.6. The van der Waals surface area contributed by atoms with Crippen LogP contribution in [0.1, 0.15) is 11.0 Å². The number of fused-ring (bicyclic) bond motifs is 6. The van der Waals surface area contributed by atoms with Gasteiger partial charge in [0.15, 0.2) is 0 Å². The van der Waals surface area contributed by atoms with E-state index in [0.717, 1.165) is 42.1 Å². The fourth-order valence-corrected chi connectivity index (χ4v) is 7.67. The van der Waals surface area contributed by atoms with Crippen LogP contribution in [-0.4, -0.2) is 0 Å². The van der Waals surface area contributed by atoms with E-state index in [1.54, 1.807) is 11.3 Å². The van der Waals surface area contributed by atoms with Gasteiger partial charge >= 0.3 is 0 Å². The molecule has 0 atom stereocenters. The molecule has 1 aromatic heterocycles. The molecule has 8 aromatic carbocycles. The van der Waals surface area contributed by atoms with E-state index in [2.05, 4.69) is 6.07 Å². The van der Waals surface area contributed by atoms with Crippen LogP contribution in [0, 0.1) is 0 Å². The van der Waals surface area contributed by atoms with Crippen LogP contribution < -0.4 is 0 Å². The predicted molar refractivity (Wildman–Crippen MR) is 188 cm³/mol. The Balaban J connectivity index is 1.51. The van der Waals surface area contributed by atoms with Crippen molar-refractivity contribution >= 4 is 63.8 Å². The maximum atomic E-state index is 9.37. The summed E-state index contributed by atoms with van der Waals surface area (Å²) >= 11 is 1.55. The topological polar surface area (TPSA) is 0 Å². The maximum Gasteiger partial charge on any atom is 0.0629 e. The van der Waals surface area contributed by atoms with Gasteiger partial charge in [0.05, 0.1) is 11.0 Å². The van der Waals surface area contributed by atoms with Gasteiger partial charge in [-0.3, -0.25) is 0 Å². The van der Waals surface area contributed by atoms with Crippen LogP contribution in [0.15, 0.2) is 158 Å². The quantitative estimate of drug-likeness (QED) is 0.185. The number of hydrogen-bond donors (Lipinski definition) is 0. The van der Waals surface area contributed by atoms with Crippen molar-refractivity contribution in [2.45, 2.75) is 0 Å². The zero-order valence-corrected chi connectivity index (χ0v) is 23.6. The highest BCUT2D eigenvalue weighted by Crippen LogP contribution is 2.48. The van der Waals surface area contributed by atoms with Crippen LogP contribution in [0.25, 0.3) is 85.9 Å². The van der Waals surface area contributed by atoms with Crippen molar-refractivity contribution in [3.63, 3.8) is 0 Å². The number of hydrogen-bond acceptors (Lipinski definition) is 1. The van der Waals surface area contributed by atoms with Gasteiger partial charge in [-0.1, -0.05) is 145 Å². The van der Waals surface area contributed by atoms with Gasteiger partial charge in [0.25, 0.3) is 0 Å². The smallest absolute Gasteiger partial charge is 0.0629 e. The highest BCUT2D eigenvalue weighted by molar-refractivity contribution is 7.26. The summed E-state index contributed by atoms with van der Waals surface area (Å²) in [5, 5.41) is 4.97. The van der Waals surface area contributed by atoms with E-state index >= 15 is 0 Å². The Bertz CT molecular complexity index is 2880. The second-order valence-electron chi connectivity index (χ2n) is 10.6. The Labute approximate surface area is 265 Å². The molecule has 0 amide bonds. The monoisotopic (exact) mass is 570 g/mol. The van der Waals surface area contributed by atoms with E-state index < -0.39 is 24.2 Å². The van der Waals surface area contributed by atoms with E-state index in [1.807, 2.05) is 103 Å². The molecule has 0 radical (unpaired) electrons. The fraction of sp³-hybridized carbons (Fsp3) is 0. The van der Waals surface area contributed by atoms with Crippen molar-refractivity contribution in [2.75, 3.05) is 0 Å². The summed E-state index contributed by atoms with van der Waals surface area (Å²) in [6.45, 7) is 0. The molecule has 0 N–H and O–H groups in total. The summed E-state index contributed by atoms with van der Waals surface area (Å²) in [6, 6.07) is 32.9. The number of thiophene rings is 1. The number of rotatable bonds is 3. The zero-order chi connectivity index (χ0) is 35.3. The third-order valence-electron chi connectivity index (χ3n) is 8.30. The van der Waals surface area contributed by atoms with Gasteiger partial charge < -0.3 is 0 Å². The van der Waals surface area contributed by atoms with Crippen molar-refractivity contribution in [2.24, 2.45) is 0 Å². The lowest BCUT2D eigenvalue weighted by Gasteiger charge is -2.18. The summed E-state index contributed by atoms with van der Waals surface area (Å²) in [7, 11) is 0. The van der Waals surface area contributed by atoms with Gasteiger partial charge in [-0.2, -0.15) is 0 Å². The highest BCUT2D eigenvalue weighted by atomic mass is 32.1. The Morgan fingerprint density at radius 1 is 0.419 bits per heavy atom. The van der Waals surface area contributed by atoms with E-state index in [9.17, 15) is 5.48 Å². The molecule has 43 heavy (non-hydrogen) atoms. The normalized spacial score (nSPS) is 14.3. The molecule has 0 saturated heterocycles. The van der Waals surface area contributed by atoms with E-state index in [1.165, 1.54) is 0 Å². The van der Waals surface area contributed by atoms with Crippen molar-refractivity contribution in [1.82, 2.24) is 0 Å². The van der Waals surface area contributed by atoms with Crippen LogP contribution >= 0.6 is 11.3 Å². The second kappa shape index (κ2) is 9.66. The lowest BCUT2D eigenvalue weighted by atomic mass is 9.85. The molecule has 200 valence electrons. The van der Waals surface area contributed by atoms with Crippen LogP contribution in [0.5, 0.6) is 0 Å². The van der Waals surface area contributed by atoms with Crippen molar-refractivity contribution in [3.05, 3.63) is 158 Å². The molecule has 0 unspecified atom stereocenters. The largest absolute Gasteiger partial charge is 0.135 e. The Hall–Kier alpha value is -5.24. The molecule has 0 fully saturated rings. The van der Waals surface area contributed by atoms with Gasteiger partial charge in [-0.05, 0) is 72.3 Å². The summed E-state index contributed by atoms with van der Waals surface area (Å²) in [6.07, 6.45) is 0. The van der Waals surface area contributed by atoms with Gasteiger partial charge in [0.2, 0.25) is 0 Å². The molecule has 1 heteroatoms. The molecule has 0 aliphatic rings. The molecular weight excluding hydrogens is 537 g/mol. The summed E-state index contributed by atoms with van der Waals surface area (Å²) in [5.41, 5.74) is 3.78. The summed E-state index contributed by atoms with van der Waals surface area (Å²) in [5.74, 6) is 0. The molecule has 0 aliphatic carbocycles. The van der Waals surface area contributed by atoms with Crippen LogP contribution in [-0.2, 0) is 0 Å². The highest BCUT2D eigenvalue weighted by Gasteiger charge is 2.19. The first kappa shape index (κ1) is 17.7. The minimum Gasteiger partial charge on any atom is -0.135 e. The Morgan fingerprint density at radius 3 is 1.77 bits per heavy atom. The maximum absolute atomic E-state index is 9.37. The van der Waals surface area contributed by atoms with Crippen LogP contribution in [0.4, 0.5) is 0 Å². The Kier molecular flexibility index (Phi) is 3.97. The van der Waals surface area contributed by atoms with Gasteiger partial charge in [0.1, 0.15) is 0 Å². The van der Waals surface area contributed by atoms with Crippen molar-refractivity contribution < 1.29 is 11.0 Å². The predicted octanol–water partition coefficient (Wildman–Crippen LogP) is 12.5. The average molecular weight is 571 g/mol.